The first-order chi connectivity index (χ1) is 8.66. The van der Waals surface area contributed by atoms with E-state index < -0.39 is 0 Å². The van der Waals surface area contributed by atoms with E-state index in [1.807, 2.05) is 0 Å². The molecule has 0 unspecified atom stereocenters. The molecule has 0 radical (unpaired) electrons. The third-order valence-electron chi connectivity index (χ3n) is 4.47. The van der Waals surface area contributed by atoms with E-state index in [9.17, 15) is 0 Å². The highest BCUT2D eigenvalue weighted by molar-refractivity contribution is 5.87. The number of quaternary nitrogens is 1. The molecule has 0 spiro atoms. The average molecular weight is 243 g/mol. The molecule has 1 saturated carbocycles. The summed E-state index contributed by atoms with van der Waals surface area (Å²) >= 11 is 0. The highest BCUT2D eigenvalue weighted by Gasteiger charge is 2.28. The summed E-state index contributed by atoms with van der Waals surface area (Å²) < 4.78 is 0. The highest BCUT2D eigenvalue weighted by Crippen LogP contribution is 2.36. The molecule has 1 aliphatic rings. The molecule has 4 N–H and O–H groups in total. The lowest BCUT2D eigenvalue weighted by atomic mass is 9.80. The van der Waals surface area contributed by atoms with Crippen LogP contribution in [0.4, 0.5) is 0 Å². The molecular formula is C16H23N2+. The van der Waals surface area contributed by atoms with Gasteiger partial charge in [0.05, 0.1) is 6.04 Å². The topological polar surface area (TPSA) is 43.4 Å². The van der Waals surface area contributed by atoms with Gasteiger partial charge in [-0.1, -0.05) is 18.1 Å². The predicted octanol–water partition coefficient (Wildman–Crippen LogP) is 3.05. The first-order valence-corrected chi connectivity index (χ1v) is 7.08. The molecule has 1 aromatic heterocycles. The molecule has 2 nitrogen and oxygen atoms in total. The minimum absolute atomic E-state index is 0.582. The van der Waals surface area contributed by atoms with E-state index in [4.69, 9.17) is 0 Å². The van der Waals surface area contributed by atoms with Gasteiger partial charge in [0, 0.05) is 23.0 Å². The Balaban J connectivity index is 2.11. The van der Waals surface area contributed by atoms with Crippen LogP contribution in [0.5, 0.6) is 0 Å². The van der Waals surface area contributed by atoms with Crippen LogP contribution in [0, 0.1) is 13.8 Å². The summed E-state index contributed by atoms with van der Waals surface area (Å²) in [5.74, 6) is 0.647. The molecule has 0 bridgehead atoms. The largest absolute Gasteiger partial charge is 0.361 e. The van der Waals surface area contributed by atoms with Gasteiger partial charge in [-0.3, -0.25) is 0 Å². The van der Waals surface area contributed by atoms with E-state index >= 15 is 0 Å². The van der Waals surface area contributed by atoms with Crippen molar-refractivity contribution in [1.29, 1.82) is 0 Å². The Kier molecular flexibility index (Phi) is 2.90. The summed E-state index contributed by atoms with van der Waals surface area (Å²) in [5.41, 5.74) is 9.90. The van der Waals surface area contributed by atoms with Gasteiger partial charge in [0.15, 0.2) is 0 Å². The Morgan fingerprint density at radius 3 is 2.72 bits per heavy atom. The lowest BCUT2D eigenvalue weighted by molar-refractivity contribution is -0.430. The smallest absolute Gasteiger partial charge is 0.0913 e. The standard InChI is InChI=1S/C16H22N2/c1-10-7-11(2)16-13(8-10)14(9-18-16)12-5-3-4-6-15(12)17/h7-9,12,15,18H,3-6,17H2,1-2H3/p+1/t12-,15-/m0/s1. The van der Waals surface area contributed by atoms with Gasteiger partial charge in [-0.15, -0.1) is 0 Å². The Hall–Kier alpha value is -1.28. The molecule has 2 atom stereocenters. The highest BCUT2D eigenvalue weighted by atomic mass is 14.7. The number of H-pyrrole nitrogens is 1. The fraction of sp³-hybridized carbons (Fsp3) is 0.500. The van der Waals surface area contributed by atoms with Crippen LogP contribution >= 0.6 is 0 Å². The van der Waals surface area contributed by atoms with Crippen molar-refractivity contribution in [3.63, 3.8) is 0 Å². The number of benzene rings is 1. The molecule has 18 heavy (non-hydrogen) atoms. The van der Waals surface area contributed by atoms with Crippen molar-refractivity contribution in [2.75, 3.05) is 0 Å². The summed E-state index contributed by atoms with van der Waals surface area (Å²) in [4.78, 5) is 3.47. The van der Waals surface area contributed by atoms with Gasteiger partial charge < -0.3 is 10.7 Å². The van der Waals surface area contributed by atoms with Crippen LogP contribution in [0.2, 0.25) is 0 Å². The molecule has 1 aliphatic carbocycles. The van der Waals surface area contributed by atoms with Gasteiger partial charge in [0.2, 0.25) is 0 Å². The van der Waals surface area contributed by atoms with Gasteiger partial charge >= 0.3 is 0 Å². The average Bonchev–Trinajstić information content (AvgIpc) is 2.73. The minimum Gasteiger partial charge on any atom is -0.361 e. The minimum atomic E-state index is 0.582. The van der Waals surface area contributed by atoms with Gasteiger partial charge in [0.1, 0.15) is 0 Å². The molecule has 96 valence electrons. The second-order valence-corrected chi connectivity index (χ2v) is 5.90. The van der Waals surface area contributed by atoms with Crippen LogP contribution in [0.1, 0.15) is 48.3 Å². The van der Waals surface area contributed by atoms with E-state index in [1.54, 1.807) is 0 Å². The fourth-order valence-electron chi connectivity index (χ4n) is 3.54. The summed E-state index contributed by atoms with van der Waals surface area (Å²) in [6.07, 6.45) is 7.51. The summed E-state index contributed by atoms with van der Waals surface area (Å²) in [6.45, 7) is 4.38. The maximum absolute atomic E-state index is 4.37. The third-order valence-corrected chi connectivity index (χ3v) is 4.47. The van der Waals surface area contributed by atoms with E-state index in [-0.39, 0.29) is 0 Å². The molecule has 0 saturated heterocycles. The second-order valence-electron chi connectivity index (χ2n) is 5.90. The van der Waals surface area contributed by atoms with Crippen LogP contribution in [0.25, 0.3) is 10.9 Å². The van der Waals surface area contributed by atoms with Crippen molar-refractivity contribution in [3.05, 3.63) is 35.0 Å². The number of aromatic amines is 1. The monoisotopic (exact) mass is 243 g/mol. The summed E-state index contributed by atoms with van der Waals surface area (Å²) in [5, 5.41) is 1.42. The maximum atomic E-state index is 4.37. The van der Waals surface area contributed by atoms with Gasteiger partial charge in [-0.25, -0.2) is 0 Å². The second kappa shape index (κ2) is 4.43. The van der Waals surface area contributed by atoms with Gasteiger partial charge in [-0.2, -0.15) is 0 Å². The molecule has 1 aromatic carbocycles. The summed E-state index contributed by atoms with van der Waals surface area (Å²) in [7, 11) is 0. The number of aryl methyl sites for hydroxylation is 2. The van der Waals surface area contributed by atoms with Gasteiger partial charge in [-0.05, 0) is 50.3 Å². The SMILES string of the molecule is Cc1cc(C)c2[nH]cc([C@@H]3CCCC[C@@H]3[NH3+])c2c1. The van der Waals surface area contributed by atoms with Crippen molar-refractivity contribution in [1.82, 2.24) is 4.98 Å². The Labute approximate surface area is 109 Å². The molecule has 3 rings (SSSR count). The quantitative estimate of drug-likeness (QED) is 0.773. The van der Waals surface area contributed by atoms with E-state index in [2.05, 4.69) is 42.9 Å². The molecule has 2 heteroatoms. The molecular weight excluding hydrogens is 220 g/mol. The zero-order valence-corrected chi connectivity index (χ0v) is 11.4. The van der Waals surface area contributed by atoms with Crippen LogP contribution in [0.15, 0.2) is 18.3 Å². The number of fused-ring (bicyclic) bond motifs is 1. The fourth-order valence-corrected chi connectivity index (χ4v) is 3.54. The third kappa shape index (κ3) is 1.85. The number of aromatic nitrogens is 1. The Morgan fingerprint density at radius 2 is 1.94 bits per heavy atom. The first-order valence-electron chi connectivity index (χ1n) is 7.08. The van der Waals surface area contributed by atoms with Crippen molar-refractivity contribution in [2.45, 2.75) is 51.5 Å². The van der Waals surface area contributed by atoms with Crippen molar-refractivity contribution >= 4 is 10.9 Å². The molecule has 1 fully saturated rings. The maximum Gasteiger partial charge on any atom is 0.0913 e. The zero-order chi connectivity index (χ0) is 12.7. The zero-order valence-electron chi connectivity index (χ0n) is 11.4. The lowest BCUT2D eigenvalue weighted by Gasteiger charge is -2.25. The van der Waals surface area contributed by atoms with Crippen LogP contribution < -0.4 is 5.73 Å². The van der Waals surface area contributed by atoms with Crippen LogP contribution in [-0.4, -0.2) is 11.0 Å². The normalized spacial score (nSPS) is 24.6. The van der Waals surface area contributed by atoms with E-state index in [0.717, 1.165) is 0 Å². The number of rotatable bonds is 1. The summed E-state index contributed by atoms with van der Waals surface area (Å²) in [6, 6.07) is 5.17. The number of nitrogens with one attached hydrogen (secondary N) is 1. The first kappa shape index (κ1) is 11.8. The van der Waals surface area contributed by atoms with Gasteiger partial charge in [0.25, 0.3) is 0 Å². The lowest BCUT2D eigenvalue weighted by Crippen LogP contribution is -2.64. The molecule has 0 amide bonds. The Bertz CT molecular complexity index is 568. The van der Waals surface area contributed by atoms with E-state index in [0.29, 0.717) is 12.0 Å². The van der Waals surface area contributed by atoms with Crippen molar-refractivity contribution in [2.24, 2.45) is 0 Å². The van der Waals surface area contributed by atoms with Crippen molar-refractivity contribution in [3.8, 4) is 0 Å². The molecule has 0 aliphatic heterocycles. The van der Waals surface area contributed by atoms with Crippen molar-refractivity contribution < 1.29 is 5.73 Å². The van der Waals surface area contributed by atoms with Crippen LogP contribution in [-0.2, 0) is 0 Å². The molecule has 2 aromatic rings. The number of hydrogen-bond acceptors (Lipinski definition) is 0. The predicted molar refractivity (Wildman–Crippen MR) is 75.7 cm³/mol. The van der Waals surface area contributed by atoms with Crippen LogP contribution in [0.3, 0.4) is 0 Å². The Morgan fingerprint density at radius 1 is 1.17 bits per heavy atom. The van der Waals surface area contributed by atoms with E-state index in [1.165, 1.54) is 53.3 Å². The number of hydrogen-bond donors (Lipinski definition) is 2. The molecule has 1 heterocycles.